The lowest BCUT2D eigenvalue weighted by atomic mass is 9.88. The molecule has 3 rings (SSSR count). The molecule has 0 radical (unpaired) electrons. The first kappa shape index (κ1) is 13.7. The number of hydrogen-bond donors (Lipinski definition) is 2. The van der Waals surface area contributed by atoms with E-state index in [1.54, 1.807) is 4.68 Å². The van der Waals surface area contributed by atoms with Gasteiger partial charge >= 0.3 is 6.03 Å². The first-order chi connectivity index (χ1) is 10.1. The molecule has 0 unspecified atom stereocenters. The average Bonchev–Trinajstić information content (AvgIpc) is 2.76. The fourth-order valence-electron chi connectivity index (χ4n) is 2.89. The van der Waals surface area contributed by atoms with Crippen molar-refractivity contribution in [3.63, 3.8) is 0 Å². The minimum Gasteiger partial charge on any atom is -0.335 e. The van der Waals surface area contributed by atoms with Crippen LogP contribution in [-0.2, 0) is 19.9 Å². The first-order valence-electron chi connectivity index (χ1n) is 7.27. The largest absolute Gasteiger partial charge is 0.335 e. The maximum absolute atomic E-state index is 12.1. The van der Waals surface area contributed by atoms with Gasteiger partial charge in [-0.25, -0.2) is 4.79 Å². The van der Waals surface area contributed by atoms with Gasteiger partial charge in [0, 0.05) is 19.2 Å². The lowest BCUT2D eigenvalue weighted by molar-refractivity contribution is 0.247. The highest BCUT2D eigenvalue weighted by atomic mass is 16.2. The van der Waals surface area contributed by atoms with Gasteiger partial charge in [0.15, 0.2) is 0 Å². The number of amides is 2. The Morgan fingerprint density at radius 3 is 2.81 bits per heavy atom. The van der Waals surface area contributed by atoms with Crippen LogP contribution >= 0.6 is 0 Å². The van der Waals surface area contributed by atoms with E-state index >= 15 is 0 Å². The number of benzene rings is 1. The summed E-state index contributed by atoms with van der Waals surface area (Å²) in [5.41, 5.74) is 3.63. The van der Waals surface area contributed by atoms with Gasteiger partial charge in [0.1, 0.15) is 5.82 Å². The van der Waals surface area contributed by atoms with Crippen molar-refractivity contribution in [1.82, 2.24) is 15.1 Å². The van der Waals surface area contributed by atoms with E-state index in [4.69, 9.17) is 0 Å². The molecule has 0 aliphatic heterocycles. The van der Waals surface area contributed by atoms with Gasteiger partial charge in [0.2, 0.25) is 0 Å². The van der Waals surface area contributed by atoms with Gasteiger partial charge in [-0.15, -0.1) is 0 Å². The van der Waals surface area contributed by atoms with Crippen molar-refractivity contribution < 1.29 is 4.79 Å². The molecular formula is C16H20N4O. The van der Waals surface area contributed by atoms with Crippen LogP contribution in [0.1, 0.15) is 23.2 Å². The van der Waals surface area contributed by atoms with E-state index in [0.29, 0.717) is 5.82 Å². The third-order valence-corrected chi connectivity index (χ3v) is 3.93. The van der Waals surface area contributed by atoms with Crippen LogP contribution in [0.15, 0.2) is 30.3 Å². The SMILES string of the molecule is Cc1cc(NC(=O)N[C@@H]2CCc3ccccc3C2)n(C)n1. The second-order valence-corrected chi connectivity index (χ2v) is 5.60. The Morgan fingerprint density at radius 1 is 1.33 bits per heavy atom. The summed E-state index contributed by atoms with van der Waals surface area (Å²) in [5, 5.41) is 10.1. The molecule has 110 valence electrons. The minimum absolute atomic E-state index is 0.164. The second kappa shape index (κ2) is 5.60. The van der Waals surface area contributed by atoms with Crippen LogP contribution in [0.5, 0.6) is 0 Å². The van der Waals surface area contributed by atoms with Gasteiger partial charge in [-0.1, -0.05) is 24.3 Å². The molecule has 1 aliphatic rings. The normalized spacial score (nSPS) is 17.1. The van der Waals surface area contributed by atoms with Gasteiger partial charge < -0.3 is 5.32 Å². The molecule has 5 nitrogen and oxygen atoms in total. The molecule has 1 aromatic carbocycles. The van der Waals surface area contributed by atoms with E-state index in [1.807, 2.05) is 20.0 Å². The van der Waals surface area contributed by atoms with Gasteiger partial charge in [0.05, 0.1) is 5.69 Å². The fourth-order valence-corrected chi connectivity index (χ4v) is 2.89. The van der Waals surface area contributed by atoms with Gasteiger partial charge in [-0.05, 0) is 37.3 Å². The van der Waals surface area contributed by atoms with Crippen LogP contribution in [0.25, 0.3) is 0 Å². The Labute approximate surface area is 124 Å². The molecule has 5 heteroatoms. The summed E-state index contributed by atoms with van der Waals surface area (Å²) in [7, 11) is 1.82. The molecule has 1 aromatic heterocycles. The highest BCUT2D eigenvalue weighted by molar-refractivity contribution is 5.88. The van der Waals surface area contributed by atoms with Crippen LogP contribution in [0.4, 0.5) is 10.6 Å². The zero-order valence-corrected chi connectivity index (χ0v) is 12.4. The fraction of sp³-hybridized carbons (Fsp3) is 0.375. The Kier molecular flexibility index (Phi) is 3.64. The van der Waals surface area contributed by atoms with Crippen LogP contribution in [0.2, 0.25) is 0 Å². The molecular weight excluding hydrogens is 264 g/mol. The summed E-state index contributed by atoms with van der Waals surface area (Å²) in [6.45, 7) is 1.90. The lowest BCUT2D eigenvalue weighted by Crippen LogP contribution is -2.41. The topological polar surface area (TPSA) is 59.0 Å². The Balaban J connectivity index is 1.60. The number of aryl methyl sites for hydroxylation is 3. The third kappa shape index (κ3) is 3.07. The van der Waals surface area contributed by atoms with E-state index in [2.05, 4.69) is 40.0 Å². The van der Waals surface area contributed by atoms with Crippen LogP contribution in [0.3, 0.4) is 0 Å². The Hall–Kier alpha value is -2.30. The highest BCUT2D eigenvalue weighted by Crippen LogP contribution is 2.21. The maximum Gasteiger partial charge on any atom is 0.320 e. The molecule has 1 heterocycles. The van der Waals surface area contributed by atoms with Crippen LogP contribution < -0.4 is 10.6 Å². The molecule has 1 atom stereocenters. The first-order valence-corrected chi connectivity index (χ1v) is 7.27. The molecule has 0 saturated carbocycles. The molecule has 0 bridgehead atoms. The number of nitrogens with zero attached hydrogens (tertiary/aromatic N) is 2. The zero-order valence-electron chi connectivity index (χ0n) is 12.4. The number of nitrogens with one attached hydrogen (secondary N) is 2. The van der Waals surface area contributed by atoms with Crippen LogP contribution in [0, 0.1) is 6.92 Å². The van der Waals surface area contributed by atoms with Crippen molar-refractivity contribution in [3.05, 3.63) is 47.2 Å². The number of anilines is 1. The zero-order chi connectivity index (χ0) is 14.8. The summed E-state index contributed by atoms with van der Waals surface area (Å²) in [6.07, 6.45) is 2.90. The smallest absolute Gasteiger partial charge is 0.320 e. The summed E-state index contributed by atoms with van der Waals surface area (Å²) >= 11 is 0. The lowest BCUT2D eigenvalue weighted by Gasteiger charge is -2.25. The second-order valence-electron chi connectivity index (χ2n) is 5.60. The number of hydrogen-bond acceptors (Lipinski definition) is 2. The Bertz CT molecular complexity index is 662. The third-order valence-electron chi connectivity index (χ3n) is 3.93. The van der Waals surface area contributed by atoms with E-state index < -0.39 is 0 Å². The molecule has 0 spiro atoms. The summed E-state index contributed by atoms with van der Waals surface area (Å²) in [4.78, 5) is 12.1. The predicted molar refractivity (Wildman–Crippen MR) is 82.4 cm³/mol. The molecule has 21 heavy (non-hydrogen) atoms. The number of carbonyl (C=O) groups is 1. The van der Waals surface area contributed by atoms with Crippen LogP contribution in [-0.4, -0.2) is 21.9 Å². The molecule has 2 aromatic rings. The van der Waals surface area contributed by atoms with E-state index in [1.165, 1.54) is 11.1 Å². The van der Waals surface area contributed by atoms with Gasteiger partial charge in [-0.2, -0.15) is 5.10 Å². The molecule has 0 saturated heterocycles. The average molecular weight is 284 g/mol. The summed E-state index contributed by atoms with van der Waals surface area (Å²) < 4.78 is 1.67. The Morgan fingerprint density at radius 2 is 2.10 bits per heavy atom. The van der Waals surface area contributed by atoms with Gasteiger partial charge in [0.25, 0.3) is 0 Å². The summed E-state index contributed by atoms with van der Waals surface area (Å²) in [5.74, 6) is 0.709. The van der Waals surface area contributed by atoms with Crippen molar-refractivity contribution in [2.24, 2.45) is 7.05 Å². The number of urea groups is 1. The molecule has 2 amide bonds. The monoisotopic (exact) mass is 284 g/mol. The number of rotatable bonds is 2. The molecule has 0 fully saturated rings. The van der Waals surface area contributed by atoms with E-state index in [9.17, 15) is 4.79 Å². The molecule has 1 aliphatic carbocycles. The van der Waals surface area contributed by atoms with Crippen molar-refractivity contribution in [3.8, 4) is 0 Å². The quantitative estimate of drug-likeness (QED) is 0.889. The number of fused-ring (bicyclic) bond motifs is 1. The predicted octanol–water partition coefficient (Wildman–Crippen LogP) is 2.41. The van der Waals surface area contributed by atoms with Crippen molar-refractivity contribution in [2.45, 2.75) is 32.2 Å². The van der Waals surface area contributed by atoms with Crippen molar-refractivity contribution in [2.75, 3.05) is 5.32 Å². The van der Waals surface area contributed by atoms with Gasteiger partial charge in [-0.3, -0.25) is 10.00 Å². The standard InChI is InChI=1S/C16H20N4O/c1-11-9-15(20(2)19-11)18-16(21)17-14-8-7-12-5-3-4-6-13(12)10-14/h3-6,9,14H,7-8,10H2,1-2H3,(H2,17,18,21)/t14-/m1/s1. The molecule has 2 N–H and O–H groups in total. The summed E-state index contributed by atoms with van der Waals surface area (Å²) in [6, 6.07) is 10.3. The van der Waals surface area contributed by atoms with Crippen molar-refractivity contribution in [1.29, 1.82) is 0 Å². The number of carbonyl (C=O) groups excluding carboxylic acids is 1. The maximum atomic E-state index is 12.1. The highest BCUT2D eigenvalue weighted by Gasteiger charge is 2.20. The minimum atomic E-state index is -0.164. The van der Waals surface area contributed by atoms with Crippen molar-refractivity contribution >= 4 is 11.8 Å². The van der Waals surface area contributed by atoms with E-state index in [-0.39, 0.29) is 12.1 Å². The number of aromatic nitrogens is 2. The van der Waals surface area contributed by atoms with E-state index in [0.717, 1.165) is 25.0 Å².